The number of rotatable bonds is 8. The second-order valence-electron chi connectivity index (χ2n) is 3.02. The summed E-state index contributed by atoms with van der Waals surface area (Å²) in [6, 6.07) is 0. The first-order valence-electron chi connectivity index (χ1n) is 4.79. The molecule has 0 saturated heterocycles. The summed E-state index contributed by atoms with van der Waals surface area (Å²) in [7, 11) is 0. The molecular weight excluding hydrogens is 298 g/mol. The molecule has 0 aromatic heterocycles. The first kappa shape index (κ1) is 13.4. The first-order valence-corrected chi connectivity index (χ1v) is 9.32. The second-order valence-corrected chi connectivity index (χ2v) is 10.4. The Hall–Kier alpha value is 1.38. The minimum atomic E-state index is -0.413. The van der Waals surface area contributed by atoms with Gasteiger partial charge in [0.1, 0.15) is 0 Å². The van der Waals surface area contributed by atoms with Crippen LogP contribution in [-0.4, -0.2) is 24.0 Å². The predicted octanol–water partition coefficient (Wildman–Crippen LogP) is 4.23. The van der Waals surface area contributed by atoms with Crippen molar-refractivity contribution in [2.45, 2.75) is 52.7 Å². The van der Waals surface area contributed by atoms with Gasteiger partial charge in [-0.1, -0.05) is 0 Å². The SMILES string of the molecule is CCCCCCC[CH2][Sn][CH](Cl)Cl. The van der Waals surface area contributed by atoms with Crippen LogP contribution in [0.4, 0.5) is 0 Å². The van der Waals surface area contributed by atoms with Crippen molar-refractivity contribution in [1.29, 1.82) is 0 Å². The van der Waals surface area contributed by atoms with Crippen molar-refractivity contribution >= 4 is 44.3 Å². The van der Waals surface area contributed by atoms with Gasteiger partial charge in [-0.15, -0.1) is 0 Å². The Kier molecular flexibility index (Phi) is 11.7. The van der Waals surface area contributed by atoms with Crippen LogP contribution in [0.25, 0.3) is 0 Å². The maximum atomic E-state index is 5.68. The molecule has 0 aliphatic rings. The molecule has 0 spiro atoms. The molecule has 0 N–H and O–H groups in total. The van der Waals surface area contributed by atoms with E-state index in [0.29, 0.717) is 0 Å². The van der Waals surface area contributed by atoms with E-state index in [2.05, 4.69) is 6.92 Å². The first-order chi connectivity index (χ1) is 5.77. The molecule has 72 valence electrons. The van der Waals surface area contributed by atoms with Gasteiger partial charge in [0, 0.05) is 0 Å². The van der Waals surface area contributed by atoms with Crippen molar-refractivity contribution in [3.63, 3.8) is 0 Å². The Bertz CT molecular complexity index is 86.6. The van der Waals surface area contributed by atoms with Gasteiger partial charge in [0.25, 0.3) is 0 Å². The van der Waals surface area contributed by atoms with Gasteiger partial charge in [0.15, 0.2) is 0 Å². The van der Waals surface area contributed by atoms with E-state index in [0.717, 1.165) is 0 Å². The molecule has 0 saturated carbocycles. The molecular formula is C9H18Cl2Sn. The third-order valence-corrected chi connectivity index (χ3v) is 6.61. The van der Waals surface area contributed by atoms with Crippen LogP contribution in [-0.2, 0) is 0 Å². The summed E-state index contributed by atoms with van der Waals surface area (Å²) in [6.45, 7) is 2.25. The van der Waals surface area contributed by atoms with Crippen molar-refractivity contribution in [3.8, 4) is 0 Å². The number of hydrogen-bond acceptors (Lipinski definition) is 0. The Morgan fingerprint density at radius 3 is 2.17 bits per heavy atom. The van der Waals surface area contributed by atoms with Crippen LogP contribution in [0.2, 0.25) is 4.44 Å². The predicted molar refractivity (Wildman–Crippen MR) is 59.4 cm³/mol. The van der Waals surface area contributed by atoms with E-state index < -0.39 is 21.1 Å². The van der Waals surface area contributed by atoms with E-state index in [1.807, 2.05) is 0 Å². The molecule has 12 heavy (non-hydrogen) atoms. The third-order valence-electron chi connectivity index (χ3n) is 1.83. The molecule has 0 aliphatic carbocycles. The quantitative estimate of drug-likeness (QED) is 0.357. The molecule has 2 radical (unpaired) electrons. The van der Waals surface area contributed by atoms with Crippen molar-refractivity contribution in [3.05, 3.63) is 0 Å². The Balaban J connectivity index is 2.82. The maximum absolute atomic E-state index is 5.68. The number of alkyl halides is 2. The van der Waals surface area contributed by atoms with Crippen LogP contribution in [0.5, 0.6) is 0 Å². The molecule has 0 aromatic rings. The fourth-order valence-corrected chi connectivity index (χ4v) is 4.50. The average molecular weight is 316 g/mol. The van der Waals surface area contributed by atoms with Gasteiger partial charge in [-0.05, 0) is 0 Å². The summed E-state index contributed by atoms with van der Waals surface area (Å²) >= 11 is 10.9. The van der Waals surface area contributed by atoms with Crippen molar-refractivity contribution in [1.82, 2.24) is 0 Å². The van der Waals surface area contributed by atoms with Gasteiger partial charge in [-0.2, -0.15) is 0 Å². The monoisotopic (exact) mass is 316 g/mol. The summed E-state index contributed by atoms with van der Waals surface area (Å²) in [4.78, 5) is 0. The normalized spacial score (nSPS) is 11.0. The molecule has 3 heteroatoms. The molecule has 0 nitrogen and oxygen atoms in total. The molecule has 0 heterocycles. The van der Waals surface area contributed by atoms with Crippen molar-refractivity contribution < 1.29 is 0 Å². The zero-order valence-electron chi connectivity index (χ0n) is 7.78. The van der Waals surface area contributed by atoms with Crippen LogP contribution in [0, 0.1) is 0 Å². The van der Waals surface area contributed by atoms with Gasteiger partial charge >= 0.3 is 97.1 Å². The third kappa shape index (κ3) is 11.4. The molecule has 0 bridgehead atoms. The van der Waals surface area contributed by atoms with E-state index in [4.69, 9.17) is 23.2 Å². The summed E-state index contributed by atoms with van der Waals surface area (Å²) in [5.41, 5.74) is 0. The van der Waals surface area contributed by atoms with Crippen LogP contribution in [0.3, 0.4) is 0 Å². The molecule has 0 aromatic carbocycles. The van der Waals surface area contributed by atoms with Gasteiger partial charge in [-0.3, -0.25) is 0 Å². The molecule has 0 fully saturated rings. The van der Waals surface area contributed by atoms with E-state index >= 15 is 0 Å². The average Bonchev–Trinajstić information content (AvgIpc) is 2.02. The zero-order chi connectivity index (χ0) is 9.23. The van der Waals surface area contributed by atoms with E-state index in [1.165, 1.54) is 43.0 Å². The second kappa shape index (κ2) is 10.5. The zero-order valence-corrected chi connectivity index (χ0v) is 12.1. The Morgan fingerprint density at radius 2 is 1.58 bits per heavy atom. The summed E-state index contributed by atoms with van der Waals surface area (Å²) in [5, 5.41) is 0. The summed E-state index contributed by atoms with van der Waals surface area (Å²) < 4.78 is 1.37. The summed E-state index contributed by atoms with van der Waals surface area (Å²) in [5.74, 6) is 0. The van der Waals surface area contributed by atoms with Crippen LogP contribution >= 0.6 is 23.2 Å². The van der Waals surface area contributed by atoms with Crippen LogP contribution < -0.4 is 0 Å². The van der Waals surface area contributed by atoms with Gasteiger partial charge in [0.2, 0.25) is 0 Å². The number of halogens is 2. The van der Waals surface area contributed by atoms with E-state index in [-0.39, 0.29) is 2.85 Å². The van der Waals surface area contributed by atoms with Gasteiger partial charge < -0.3 is 0 Å². The van der Waals surface area contributed by atoms with Gasteiger partial charge in [0.05, 0.1) is 0 Å². The van der Waals surface area contributed by atoms with Crippen LogP contribution in [0.1, 0.15) is 45.4 Å². The number of hydrogen-bond donors (Lipinski definition) is 0. The minimum absolute atomic E-state index is 0.0178. The van der Waals surface area contributed by atoms with Crippen molar-refractivity contribution in [2.75, 3.05) is 0 Å². The van der Waals surface area contributed by atoms with E-state index in [9.17, 15) is 0 Å². The topological polar surface area (TPSA) is 0 Å². The standard InChI is InChI=1S/C8H17.CHCl2.Sn/c1-3-5-7-8-6-4-2;2-1-3;/h1,3-8H2,2H3;1H;. The Morgan fingerprint density at radius 1 is 1.00 bits per heavy atom. The molecule has 0 amide bonds. The molecule has 0 atom stereocenters. The van der Waals surface area contributed by atoms with Crippen molar-refractivity contribution in [2.24, 2.45) is 0 Å². The fourth-order valence-electron chi connectivity index (χ4n) is 1.12. The van der Waals surface area contributed by atoms with Gasteiger partial charge in [-0.25, -0.2) is 0 Å². The Labute approximate surface area is 96.6 Å². The molecule has 0 rings (SSSR count). The molecule has 0 aliphatic heterocycles. The summed E-state index contributed by atoms with van der Waals surface area (Å²) in [6.07, 6.45) is 8.30. The number of unbranched alkanes of at least 4 members (excludes halogenated alkanes) is 5. The van der Waals surface area contributed by atoms with Crippen LogP contribution in [0.15, 0.2) is 0 Å². The fraction of sp³-hybridized carbons (Fsp3) is 1.00. The molecule has 0 unspecified atom stereocenters. The van der Waals surface area contributed by atoms with E-state index in [1.54, 1.807) is 0 Å².